The molecule has 82 valence electrons. The number of rotatable bonds is 6. The Balaban J connectivity index is 2.08. The quantitative estimate of drug-likeness (QED) is 0.343. The molecule has 1 rings (SSSR count). The van der Waals surface area contributed by atoms with E-state index < -0.39 is 0 Å². The van der Waals surface area contributed by atoms with Crippen molar-refractivity contribution in [2.45, 2.75) is 6.04 Å². The molecule has 1 atom stereocenters. The van der Waals surface area contributed by atoms with Crippen molar-refractivity contribution in [1.82, 2.24) is 10.2 Å². The van der Waals surface area contributed by atoms with E-state index in [-0.39, 0.29) is 6.04 Å². The van der Waals surface area contributed by atoms with Gasteiger partial charge in [0.25, 0.3) is 0 Å². The molecule has 1 fully saturated rings. The van der Waals surface area contributed by atoms with Crippen LogP contribution >= 0.6 is 0 Å². The zero-order valence-corrected chi connectivity index (χ0v) is 8.57. The van der Waals surface area contributed by atoms with E-state index in [4.69, 9.17) is 9.47 Å². The maximum Gasteiger partial charge on any atom is 0.146 e. The summed E-state index contributed by atoms with van der Waals surface area (Å²) in [6.45, 7) is 4.46. The number of nitrogens with one attached hydrogen (secondary N) is 1. The molecule has 14 heavy (non-hydrogen) atoms. The largest absolute Gasteiger partial charge is 0.359 e. The summed E-state index contributed by atoms with van der Waals surface area (Å²) in [7, 11) is 1.60. The van der Waals surface area contributed by atoms with Gasteiger partial charge in [0.1, 0.15) is 13.1 Å². The van der Waals surface area contributed by atoms with Crippen LogP contribution in [-0.4, -0.2) is 63.9 Å². The van der Waals surface area contributed by atoms with Gasteiger partial charge in [0.15, 0.2) is 0 Å². The fraction of sp³-hybridized carbons (Fsp3) is 0.889. The predicted octanol–water partition coefficient (Wildman–Crippen LogP) is -0.920. The fourth-order valence-electron chi connectivity index (χ4n) is 1.47. The molecule has 5 nitrogen and oxygen atoms in total. The average Bonchev–Trinajstić information content (AvgIpc) is 2.25. The Morgan fingerprint density at radius 2 is 2.50 bits per heavy atom. The van der Waals surface area contributed by atoms with Gasteiger partial charge >= 0.3 is 0 Å². The summed E-state index contributed by atoms with van der Waals surface area (Å²) >= 11 is 0. The van der Waals surface area contributed by atoms with Gasteiger partial charge in [0.2, 0.25) is 0 Å². The summed E-state index contributed by atoms with van der Waals surface area (Å²) in [5.74, 6) is 0. The SMILES string of the molecule is COCOCCN1CCNC(C=O)C1. The Morgan fingerprint density at radius 3 is 3.21 bits per heavy atom. The number of hydrogen-bond donors (Lipinski definition) is 1. The molecule has 1 unspecified atom stereocenters. The monoisotopic (exact) mass is 202 g/mol. The Kier molecular flexibility index (Phi) is 5.70. The highest BCUT2D eigenvalue weighted by atomic mass is 16.7. The van der Waals surface area contributed by atoms with Crippen molar-refractivity contribution in [3.63, 3.8) is 0 Å². The molecule has 5 heteroatoms. The van der Waals surface area contributed by atoms with Crippen molar-refractivity contribution >= 4 is 6.29 Å². The van der Waals surface area contributed by atoms with Crippen molar-refractivity contribution in [2.75, 3.05) is 46.7 Å². The van der Waals surface area contributed by atoms with Gasteiger partial charge in [-0.2, -0.15) is 0 Å². The smallest absolute Gasteiger partial charge is 0.146 e. The second-order valence-electron chi connectivity index (χ2n) is 3.31. The zero-order chi connectivity index (χ0) is 10.2. The van der Waals surface area contributed by atoms with Gasteiger partial charge in [-0.25, -0.2) is 0 Å². The molecule has 1 aliphatic heterocycles. The Bertz CT molecular complexity index is 166. The molecule has 1 aliphatic rings. The predicted molar refractivity (Wildman–Crippen MR) is 52.1 cm³/mol. The number of methoxy groups -OCH3 is 1. The van der Waals surface area contributed by atoms with E-state index in [1.807, 2.05) is 0 Å². The van der Waals surface area contributed by atoms with Crippen LogP contribution in [0.2, 0.25) is 0 Å². The summed E-state index contributed by atoms with van der Waals surface area (Å²) in [5.41, 5.74) is 0. The summed E-state index contributed by atoms with van der Waals surface area (Å²) in [5, 5.41) is 3.13. The molecule has 0 amide bonds. The number of carbonyl (C=O) groups is 1. The third kappa shape index (κ3) is 4.15. The third-order valence-electron chi connectivity index (χ3n) is 2.21. The Labute approximate surface area is 84.4 Å². The molecule has 1 heterocycles. The minimum atomic E-state index is -0.0221. The highest BCUT2D eigenvalue weighted by Crippen LogP contribution is 1.96. The maximum absolute atomic E-state index is 10.5. The van der Waals surface area contributed by atoms with Crippen molar-refractivity contribution in [3.8, 4) is 0 Å². The van der Waals surface area contributed by atoms with Crippen LogP contribution in [0.25, 0.3) is 0 Å². The van der Waals surface area contributed by atoms with Crippen molar-refractivity contribution in [3.05, 3.63) is 0 Å². The molecule has 0 saturated carbocycles. The first kappa shape index (κ1) is 11.6. The molecule has 1 saturated heterocycles. The number of hydrogen-bond acceptors (Lipinski definition) is 5. The molecule has 1 N–H and O–H groups in total. The molecule has 0 aromatic heterocycles. The van der Waals surface area contributed by atoms with E-state index in [2.05, 4.69) is 10.2 Å². The average molecular weight is 202 g/mol. The first-order chi connectivity index (χ1) is 6.86. The fourth-order valence-corrected chi connectivity index (χ4v) is 1.47. The van der Waals surface area contributed by atoms with Crippen LogP contribution in [0.5, 0.6) is 0 Å². The topological polar surface area (TPSA) is 50.8 Å². The van der Waals surface area contributed by atoms with Crippen LogP contribution in [-0.2, 0) is 14.3 Å². The lowest BCUT2D eigenvalue weighted by molar-refractivity contribution is -0.110. The minimum absolute atomic E-state index is 0.0221. The molecule has 0 aromatic carbocycles. The number of carbonyl (C=O) groups excluding carboxylic acids is 1. The second-order valence-corrected chi connectivity index (χ2v) is 3.31. The van der Waals surface area contributed by atoms with Gasteiger partial charge < -0.3 is 19.6 Å². The first-order valence-corrected chi connectivity index (χ1v) is 4.84. The summed E-state index contributed by atoms with van der Waals surface area (Å²) in [6.07, 6.45) is 0.960. The maximum atomic E-state index is 10.5. The van der Waals surface area contributed by atoms with Crippen LogP contribution in [0.3, 0.4) is 0 Å². The Morgan fingerprint density at radius 1 is 1.64 bits per heavy atom. The van der Waals surface area contributed by atoms with Crippen LogP contribution < -0.4 is 5.32 Å². The third-order valence-corrected chi connectivity index (χ3v) is 2.21. The van der Waals surface area contributed by atoms with Crippen LogP contribution in [0, 0.1) is 0 Å². The van der Waals surface area contributed by atoms with Gasteiger partial charge in [-0.3, -0.25) is 4.90 Å². The van der Waals surface area contributed by atoms with Crippen LogP contribution in [0.15, 0.2) is 0 Å². The molecule has 0 radical (unpaired) electrons. The van der Waals surface area contributed by atoms with Gasteiger partial charge in [-0.15, -0.1) is 0 Å². The van der Waals surface area contributed by atoms with Gasteiger partial charge in [-0.05, 0) is 0 Å². The highest BCUT2D eigenvalue weighted by Gasteiger charge is 2.17. The van der Waals surface area contributed by atoms with Gasteiger partial charge in [-0.1, -0.05) is 0 Å². The lowest BCUT2D eigenvalue weighted by Gasteiger charge is -2.30. The lowest BCUT2D eigenvalue weighted by Crippen LogP contribution is -2.52. The van der Waals surface area contributed by atoms with Crippen LogP contribution in [0.1, 0.15) is 0 Å². The number of ether oxygens (including phenoxy) is 2. The van der Waals surface area contributed by atoms with Crippen molar-refractivity contribution in [1.29, 1.82) is 0 Å². The van der Waals surface area contributed by atoms with E-state index >= 15 is 0 Å². The van der Waals surface area contributed by atoms with Gasteiger partial charge in [0, 0.05) is 33.3 Å². The summed E-state index contributed by atoms with van der Waals surface area (Å²) < 4.78 is 9.95. The normalized spacial score (nSPS) is 23.6. The lowest BCUT2D eigenvalue weighted by atomic mass is 10.2. The van der Waals surface area contributed by atoms with Crippen LogP contribution in [0.4, 0.5) is 0 Å². The molecule has 0 aliphatic carbocycles. The van der Waals surface area contributed by atoms with Crippen molar-refractivity contribution < 1.29 is 14.3 Å². The highest BCUT2D eigenvalue weighted by molar-refractivity contribution is 5.58. The molecule has 0 aromatic rings. The standard InChI is InChI=1S/C9H18N2O3/c1-13-8-14-5-4-11-3-2-10-9(6-11)7-12/h7,9-10H,2-6,8H2,1H3. The number of piperazine rings is 1. The first-order valence-electron chi connectivity index (χ1n) is 4.84. The van der Waals surface area contributed by atoms with E-state index in [0.717, 1.165) is 32.5 Å². The molecular weight excluding hydrogens is 184 g/mol. The summed E-state index contributed by atoms with van der Waals surface area (Å²) in [4.78, 5) is 12.8. The minimum Gasteiger partial charge on any atom is -0.359 e. The zero-order valence-electron chi connectivity index (χ0n) is 8.57. The summed E-state index contributed by atoms with van der Waals surface area (Å²) in [6, 6.07) is -0.0221. The van der Waals surface area contributed by atoms with Crippen molar-refractivity contribution in [2.24, 2.45) is 0 Å². The number of aldehydes is 1. The van der Waals surface area contributed by atoms with Gasteiger partial charge in [0.05, 0.1) is 12.6 Å². The molecule has 0 spiro atoms. The van der Waals surface area contributed by atoms with E-state index in [0.29, 0.717) is 13.4 Å². The molecule has 0 bridgehead atoms. The number of nitrogens with zero attached hydrogens (tertiary/aromatic N) is 1. The second kappa shape index (κ2) is 6.89. The Hall–Kier alpha value is -0.490. The van der Waals surface area contributed by atoms with E-state index in [9.17, 15) is 4.79 Å². The molecular formula is C9H18N2O3. The van der Waals surface area contributed by atoms with E-state index in [1.54, 1.807) is 7.11 Å². The van der Waals surface area contributed by atoms with E-state index in [1.165, 1.54) is 0 Å².